The molecule has 1 aromatic rings. The third kappa shape index (κ3) is 1.65. The highest BCUT2D eigenvalue weighted by Gasteiger charge is 2.11. The highest BCUT2D eigenvalue weighted by Crippen LogP contribution is 2.19. The highest BCUT2D eigenvalue weighted by molar-refractivity contribution is 5.36. The van der Waals surface area contributed by atoms with E-state index in [9.17, 15) is 5.11 Å². The lowest BCUT2D eigenvalue weighted by Gasteiger charge is -2.18. The first kappa shape index (κ1) is 9.26. The van der Waals surface area contributed by atoms with Crippen LogP contribution in [0.4, 0.5) is 0 Å². The lowest BCUT2D eigenvalue weighted by molar-refractivity contribution is 0.238. The van der Waals surface area contributed by atoms with Crippen molar-refractivity contribution in [3.63, 3.8) is 0 Å². The Kier molecular flexibility index (Phi) is 2.53. The van der Waals surface area contributed by atoms with Crippen molar-refractivity contribution >= 4 is 0 Å². The summed E-state index contributed by atoms with van der Waals surface area (Å²) in [6.07, 6.45) is 5.45. The van der Waals surface area contributed by atoms with Crippen molar-refractivity contribution in [2.24, 2.45) is 0 Å². The summed E-state index contributed by atoms with van der Waals surface area (Å²) in [5.74, 6) is 2.32. The van der Waals surface area contributed by atoms with E-state index < -0.39 is 6.10 Å². The minimum absolute atomic E-state index is 0.776. The van der Waals surface area contributed by atoms with E-state index in [0.29, 0.717) is 0 Å². The van der Waals surface area contributed by atoms with Gasteiger partial charge in [-0.2, -0.15) is 0 Å². The normalized spacial score (nSPS) is 16.9. The Balaban J connectivity index is 2.34. The van der Waals surface area contributed by atoms with Gasteiger partial charge < -0.3 is 10.4 Å². The molecule has 0 saturated heterocycles. The van der Waals surface area contributed by atoms with Crippen molar-refractivity contribution in [1.82, 2.24) is 5.32 Å². The second-order valence-electron chi connectivity index (χ2n) is 3.52. The molecule has 2 nitrogen and oxygen atoms in total. The average molecular weight is 187 g/mol. The first-order valence-electron chi connectivity index (χ1n) is 4.78. The molecule has 2 N–H and O–H groups in total. The molecule has 0 spiro atoms. The van der Waals surface area contributed by atoms with Gasteiger partial charge in [-0.1, -0.05) is 24.1 Å². The maximum atomic E-state index is 9.47. The predicted octanol–water partition coefficient (Wildman–Crippen LogP) is 0.999. The Morgan fingerprint density at radius 1 is 1.43 bits per heavy atom. The zero-order valence-electron chi connectivity index (χ0n) is 7.96. The van der Waals surface area contributed by atoms with Gasteiger partial charge >= 0.3 is 0 Å². The summed E-state index contributed by atoms with van der Waals surface area (Å²) in [7, 11) is 0. The van der Waals surface area contributed by atoms with Crippen LogP contribution in [0.25, 0.3) is 0 Å². The SMILES string of the molecule is C#CC(O)c1ccc2c(c1)CNCC2. The molecule has 1 aromatic carbocycles. The standard InChI is InChI=1S/C12H13NO/c1-2-12(14)10-4-3-9-5-6-13-8-11(9)7-10/h1,3-4,7,12-14H,5-6,8H2. The molecular formula is C12H13NO. The van der Waals surface area contributed by atoms with Crippen LogP contribution >= 0.6 is 0 Å². The van der Waals surface area contributed by atoms with E-state index in [4.69, 9.17) is 6.42 Å². The minimum atomic E-state index is -0.776. The number of aliphatic hydroxyl groups is 1. The molecule has 1 unspecified atom stereocenters. The van der Waals surface area contributed by atoms with Crippen LogP contribution in [-0.4, -0.2) is 11.7 Å². The van der Waals surface area contributed by atoms with Gasteiger partial charge in [0.2, 0.25) is 0 Å². The fraction of sp³-hybridized carbons (Fsp3) is 0.333. The third-order valence-corrected chi connectivity index (χ3v) is 2.59. The molecule has 1 aliphatic rings. The lowest BCUT2D eigenvalue weighted by Crippen LogP contribution is -2.23. The topological polar surface area (TPSA) is 32.3 Å². The van der Waals surface area contributed by atoms with E-state index in [-0.39, 0.29) is 0 Å². The second kappa shape index (κ2) is 3.83. The highest BCUT2D eigenvalue weighted by atomic mass is 16.3. The first-order valence-corrected chi connectivity index (χ1v) is 4.78. The number of fused-ring (bicyclic) bond motifs is 1. The number of hydrogen-bond donors (Lipinski definition) is 2. The monoisotopic (exact) mass is 187 g/mol. The molecule has 1 aliphatic heterocycles. The van der Waals surface area contributed by atoms with Gasteiger partial charge in [-0.05, 0) is 29.7 Å². The van der Waals surface area contributed by atoms with E-state index in [1.54, 1.807) is 0 Å². The maximum Gasteiger partial charge on any atom is 0.139 e. The minimum Gasteiger partial charge on any atom is -0.376 e. The van der Waals surface area contributed by atoms with Crippen LogP contribution < -0.4 is 5.32 Å². The lowest BCUT2D eigenvalue weighted by atomic mass is 9.97. The van der Waals surface area contributed by atoms with Gasteiger partial charge in [0, 0.05) is 6.54 Å². The Morgan fingerprint density at radius 3 is 3.07 bits per heavy atom. The van der Waals surface area contributed by atoms with Gasteiger partial charge in [0.15, 0.2) is 0 Å². The summed E-state index contributed by atoms with van der Waals surface area (Å²) in [6.45, 7) is 1.91. The van der Waals surface area contributed by atoms with Gasteiger partial charge in [0.05, 0.1) is 0 Å². The zero-order chi connectivity index (χ0) is 9.97. The average Bonchev–Trinajstić information content (AvgIpc) is 2.27. The molecule has 2 heteroatoms. The van der Waals surface area contributed by atoms with Crippen molar-refractivity contribution in [2.45, 2.75) is 19.1 Å². The molecule has 0 bridgehead atoms. The molecule has 1 heterocycles. The molecular weight excluding hydrogens is 174 g/mol. The zero-order valence-corrected chi connectivity index (χ0v) is 7.96. The van der Waals surface area contributed by atoms with Crippen LogP contribution in [-0.2, 0) is 13.0 Å². The van der Waals surface area contributed by atoms with E-state index in [2.05, 4.69) is 17.3 Å². The van der Waals surface area contributed by atoms with Gasteiger partial charge in [-0.25, -0.2) is 0 Å². The van der Waals surface area contributed by atoms with Gasteiger partial charge in [-0.3, -0.25) is 0 Å². The Morgan fingerprint density at radius 2 is 2.29 bits per heavy atom. The van der Waals surface area contributed by atoms with Crippen LogP contribution in [0.2, 0.25) is 0 Å². The van der Waals surface area contributed by atoms with Gasteiger partial charge in [0.1, 0.15) is 6.10 Å². The predicted molar refractivity (Wildman–Crippen MR) is 55.6 cm³/mol. The molecule has 0 saturated carbocycles. The summed E-state index contributed by atoms with van der Waals surface area (Å²) in [5.41, 5.74) is 3.43. The van der Waals surface area contributed by atoms with Crippen LogP contribution in [0.3, 0.4) is 0 Å². The van der Waals surface area contributed by atoms with Crippen LogP contribution in [0.15, 0.2) is 18.2 Å². The Bertz CT molecular complexity index is 378. The summed E-state index contributed by atoms with van der Waals surface area (Å²) in [6, 6.07) is 5.97. The molecule has 72 valence electrons. The molecule has 0 aliphatic carbocycles. The van der Waals surface area contributed by atoms with E-state index in [0.717, 1.165) is 25.1 Å². The van der Waals surface area contributed by atoms with E-state index in [1.165, 1.54) is 11.1 Å². The molecule has 2 rings (SSSR count). The van der Waals surface area contributed by atoms with Crippen molar-refractivity contribution in [3.8, 4) is 12.3 Å². The molecule has 0 aromatic heterocycles. The smallest absolute Gasteiger partial charge is 0.139 e. The maximum absolute atomic E-state index is 9.47. The number of hydrogen-bond acceptors (Lipinski definition) is 2. The largest absolute Gasteiger partial charge is 0.376 e. The molecule has 1 atom stereocenters. The summed E-state index contributed by atoms with van der Waals surface area (Å²) in [4.78, 5) is 0. The van der Waals surface area contributed by atoms with Crippen molar-refractivity contribution < 1.29 is 5.11 Å². The number of aliphatic hydroxyl groups excluding tert-OH is 1. The number of terminal acetylenes is 1. The molecule has 14 heavy (non-hydrogen) atoms. The van der Waals surface area contributed by atoms with Crippen molar-refractivity contribution in [2.75, 3.05) is 6.54 Å². The van der Waals surface area contributed by atoms with E-state index in [1.807, 2.05) is 12.1 Å². The Labute approximate surface area is 84.0 Å². The summed E-state index contributed by atoms with van der Waals surface area (Å²) < 4.78 is 0. The fourth-order valence-electron chi connectivity index (χ4n) is 1.77. The van der Waals surface area contributed by atoms with Gasteiger partial charge in [0.25, 0.3) is 0 Å². The number of benzene rings is 1. The van der Waals surface area contributed by atoms with E-state index >= 15 is 0 Å². The second-order valence-corrected chi connectivity index (χ2v) is 3.52. The third-order valence-electron chi connectivity index (χ3n) is 2.59. The van der Waals surface area contributed by atoms with Crippen LogP contribution in [0.5, 0.6) is 0 Å². The van der Waals surface area contributed by atoms with Crippen molar-refractivity contribution in [1.29, 1.82) is 0 Å². The van der Waals surface area contributed by atoms with Crippen molar-refractivity contribution in [3.05, 3.63) is 34.9 Å². The van der Waals surface area contributed by atoms with Crippen LogP contribution in [0.1, 0.15) is 22.8 Å². The molecule has 0 amide bonds. The summed E-state index contributed by atoms with van der Waals surface area (Å²) in [5, 5.41) is 12.8. The number of nitrogens with one attached hydrogen (secondary N) is 1. The first-order chi connectivity index (χ1) is 6.81. The molecule has 0 fully saturated rings. The molecule has 0 radical (unpaired) electrons. The fourth-order valence-corrected chi connectivity index (χ4v) is 1.77. The quantitative estimate of drug-likeness (QED) is 0.643. The van der Waals surface area contributed by atoms with Crippen LogP contribution in [0, 0.1) is 12.3 Å². The Hall–Kier alpha value is -1.30. The number of rotatable bonds is 1. The van der Waals surface area contributed by atoms with Gasteiger partial charge in [-0.15, -0.1) is 6.42 Å². The summed E-state index contributed by atoms with van der Waals surface area (Å²) >= 11 is 0.